The van der Waals surface area contributed by atoms with Crippen LogP contribution < -0.4 is 9.80 Å². The maximum absolute atomic E-state index is 4.80. The van der Waals surface area contributed by atoms with E-state index in [-0.39, 0.29) is 0 Å². The van der Waals surface area contributed by atoms with E-state index in [4.69, 9.17) is 5.10 Å². The molecule has 5 rings (SSSR count). The highest BCUT2D eigenvalue weighted by atomic mass is 32.1. The number of fused-ring (bicyclic) bond motifs is 1. The van der Waals surface area contributed by atoms with E-state index in [1.165, 1.54) is 19.3 Å². The zero-order valence-electron chi connectivity index (χ0n) is 13.5. The van der Waals surface area contributed by atoms with Crippen LogP contribution in [0.15, 0.2) is 23.7 Å². The minimum Gasteiger partial charge on any atom is -0.351 e. The predicted octanol–water partition coefficient (Wildman–Crippen LogP) is 2.17. The quantitative estimate of drug-likeness (QED) is 0.725. The van der Waals surface area contributed by atoms with Crippen LogP contribution in [0.25, 0.3) is 5.65 Å². The molecule has 2 fully saturated rings. The summed E-state index contributed by atoms with van der Waals surface area (Å²) in [6.07, 6.45) is 5.56. The topological polar surface area (TPSA) is 62.5 Å². The van der Waals surface area contributed by atoms with Gasteiger partial charge in [-0.3, -0.25) is 0 Å². The van der Waals surface area contributed by atoms with Gasteiger partial charge in [0.05, 0.1) is 6.04 Å². The number of rotatable bonds is 4. The second-order valence-electron chi connectivity index (χ2n) is 6.63. The lowest BCUT2D eigenvalue weighted by atomic mass is 9.85. The molecule has 0 radical (unpaired) electrons. The van der Waals surface area contributed by atoms with Gasteiger partial charge >= 0.3 is 0 Å². The van der Waals surface area contributed by atoms with E-state index >= 15 is 0 Å². The van der Waals surface area contributed by atoms with Crippen LogP contribution in [0.4, 0.5) is 10.9 Å². The van der Waals surface area contributed by atoms with Crippen LogP contribution >= 0.6 is 11.3 Å². The Morgan fingerprint density at radius 3 is 2.79 bits per heavy atom. The fourth-order valence-electron chi connectivity index (χ4n) is 3.32. The Morgan fingerprint density at radius 2 is 2.08 bits per heavy atom. The van der Waals surface area contributed by atoms with Crippen molar-refractivity contribution in [2.24, 2.45) is 0 Å². The van der Waals surface area contributed by atoms with Crippen molar-refractivity contribution in [3.05, 3.63) is 29.5 Å². The summed E-state index contributed by atoms with van der Waals surface area (Å²) < 4.78 is 1.94. The molecule has 0 unspecified atom stereocenters. The molecule has 0 aromatic carbocycles. The first kappa shape index (κ1) is 14.2. The molecule has 0 N–H and O–H groups in total. The molecule has 3 aromatic heterocycles. The maximum atomic E-state index is 4.80. The summed E-state index contributed by atoms with van der Waals surface area (Å²) in [6, 6.07) is 4.56. The summed E-state index contributed by atoms with van der Waals surface area (Å²) in [4.78, 5) is 8.95. The highest BCUT2D eigenvalue weighted by Gasteiger charge is 2.33. The van der Waals surface area contributed by atoms with E-state index in [1.807, 2.05) is 28.2 Å². The van der Waals surface area contributed by atoms with E-state index in [1.54, 1.807) is 11.3 Å². The van der Waals surface area contributed by atoms with Crippen LogP contribution in [-0.2, 0) is 0 Å². The van der Waals surface area contributed by atoms with Crippen molar-refractivity contribution in [1.82, 2.24) is 24.8 Å². The second kappa shape index (κ2) is 5.41. The molecule has 124 valence electrons. The lowest BCUT2D eigenvalue weighted by Crippen LogP contribution is -2.59. The van der Waals surface area contributed by atoms with Gasteiger partial charge in [0.1, 0.15) is 5.82 Å². The number of likely N-dealkylation sites (N-methyl/N-ethyl adjacent to an activating group) is 1. The van der Waals surface area contributed by atoms with Crippen molar-refractivity contribution in [2.45, 2.75) is 31.2 Å². The molecule has 7 nitrogen and oxygen atoms in total. The number of hydrogen-bond acceptors (Lipinski definition) is 7. The highest BCUT2D eigenvalue weighted by molar-refractivity contribution is 7.13. The van der Waals surface area contributed by atoms with E-state index in [9.17, 15) is 0 Å². The van der Waals surface area contributed by atoms with Gasteiger partial charge in [0.15, 0.2) is 16.6 Å². The lowest BCUT2D eigenvalue weighted by molar-refractivity contribution is 0.394. The average Bonchev–Trinajstić information content (AvgIpc) is 3.14. The van der Waals surface area contributed by atoms with Crippen molar-refractivity contribution in [3.8, 4) is 0 Å². The van der Waals surface area contributed by atoms with Crippen molar-refractivity contribution < 1.29 is 0 Å². The Bertz CT molecular complexity index is 849. The number of anilines is 2. The molecule has 1 saturated heterocycles. The van der Waals surface area contributed by atoms with E-state index in [2.05, 4.69) is 32.0 Å². The summed E-state index contributed by atoms with van der Waals surface area (Å²) in [5, 5.41) is 16.5. The molecule has 0 atom stereocenters. The molecule has 1 aliphatic carbocycles. The molecule has 0 amide bonds. The highest BCUT2D eigenvalue weighted by Crippen LogP contribution is 2.35. The average molecular weight is 341 g/mol. The first-order chi connectivity index (χ1) is 11.8. The zero-order chi connectivity index (χ0) is 16.1. The molecular weight excluding hydrogens is 322 g/mol. The standard InChI is InChI=1S/C16H19N7S/c1-21(16-17-7-8-24-16)12-9-22(10-12)14-6-5-13-18-19-15(23(13)20-14)11-3-2-4-11/h5-8,11-12H,2-4,9-10H2,1H3. The van der Waals surface area contributed by atoms with Gasteiger partial charge in [-0.15, -0.1) is 26.6 Å². The van der Waals surface area contributed by atoms with Crippen LogP contribution in [0.2, 0.25) is 0 Å². The summed E-state index contributed by atoms with van der Waals surface area (Å²) in [5.74, 6) is 2.56. The van der Waals surface area contributed by atoms with Crippen molar-refractivity contribution in [2.75, 3.05) is 29.9 Å². The number of nitrogens with zero attached hydrogens (tertiary/aromatic N) is 7. The van der Waals surface area contributed by atoms with Crippen molar-refractivity contribution in [3.63, 3.8) is 0 Å². The van der Waals surface area contributed by atoms with Crippen LogP contribution in [0.5, 0.6) is 0 Å². The lowest BCUT2D eigenvalue weighted by Gasteiger charge is -2.44. The minimum atomic E-state index is 0.487. The number of thiazole rings is 1. The molecule has 8 heteroatoms. The maximum Gasteiger partial charge on any atom is 0.185 e. The van der Waals surface area contributed by atoms with Crippen LogP contribution in [0, 0.1) is 0 Å². The van der Waals surface area contributed by atoms with E-state index in [0.717, 1.165) is 35.5 Å². The Balaban J connectivity index is 1.34. The van der Waals surface area contributed by atoms with Gasteiger partial charge in [-0.05, 0) is 25.0 Å². The summed E-state index contributed by atoms with van der Waals surface area (Å²) in [5.41, 5.74) is 0.845. The number of aromatic nitrogens is 5. The molecule has 1 aliphatic heterocycles. The van der Waals surface area contributed by atoms with Crippen LogP contribution in [0.1, 0.15) is 31.0 Å². The van der Waals surface area contributed by atoms with Gasteiger partial charge in [-0.2, -0.15) is 4.52 Å². The molecule has 1 saturated carbocycles. The molecular formula is C16H19N7S. The fraction of sp³-hybridized carbons (Fsp3) is 0.500. The SMILES string of the molecule is CN(c1nccs1)C1CN(c2ccc3nnc(C4CCC4)n3n2)C1. The molecule has 0 bridgehead atoms. The zero-order valence-corrected chi connectivity index (χ0v) is 14.4. The first-order valence-corrected chi connectivity index (χ1v) is 9.27. The van der Waals surface area contributed by atoms with Gasteiger partial charge in [0, 0.05) is 37.6 Å². The normalized spacial score (nSPS) is 18.6. The van der Waals surface area contributed by atoms with E-state index in [0.29, 0.717) is 12.0 Å². The van der Waals surface area contributed by atoms with Gasteiger partial charge in [0.25, 0.3) is 0 Å². The number of hydrogen-bond donors (Lipinski definition) is 0. The van der Waals surface area contributed by atoms with Crippen LogP contribution in [0.3, 0.4) is 0 Å². The van der Waals surface area contributed by atoms with Crippen molar-refractivity contribution >= 4 is 27.9 Å². The Kier molecular flexibility index (Phi) is 3.19. The third-order valence-corrected chi connectivity index (χ3v) is 6.06. The monoisotopic (exact) mass is 341 g/mol. The summed E-state index contributed by atoms with van der Waals surface area (Å²) >= 11 is 1.68. The van der Waals surface area contributed by atoms with Crippen molar-refractivity contribution in [1.29, 1.82) is 0 Å². The molecule has 4 heterocycles. The Labute approximate surface area is 143 Å². The largest absolute Gasteiger partial charge is 0.351 e. The smallest absolute Gasteiger partial charge is 0.185 e. The van der Waals surface area contributed by atoms with Gasteiger partial charge < -0.3 is 9.80 Å². The molecule has 3 aromatic rings. The Hall–Kier alpha value is -2.22. The molecule has 0 spiro atoms. The van der Waals surface area contributed by atoms with Gasteiger partial charge in [-0.25, -0.2) is 4.98 Å². The van der Waals surface area contributed by atoms with Crippen LogP contribution in [-0.4, -0.2) is 51.0 Å². The van der Waals surface area contributed by atoms with Gasteiger partial charge in [0.2, 0.25) is 0 Å². The molecule has 2 aliphatic rings. The fourth-order valence-corrected chi connectivity index (χ4v) is 4.00. The van der Waals surface area contributed by atoms with Gasteiger partial charge in [-0.1, -0.05) is 6.42 Å². The predicted molar refractivity (Wildman–Crippen MR) is 93.9 cm³/mol. The molecule has 24 heavy (non-hydrogen) atoms. The summed E-state index contributed by atoms with van der Waals surface area (Å²) in [6.45, 7) is 1.94. The van der Waals surface area contributed by atoms with E-state index < -0.39 is 0 Å². The third-order valence-electron chi connectivity index (χ3n) is 5.20. The minimum absolute atomic E-state index is 0.487. The second-order valence-corrected chi connectivity index (χ2v) is 7.50. The Morgan fingerprint density at radius 1 is 1.21 bits per heavy atom. The summed E-state index contributed by atoms with van der Waals surface area (Å²) in [7, 11) is 2.12. The third kappa shape index (κ3) is 2.16. The first-order valence-electron chi connectivity index (χ1n) is 8.39.